The second kappa shape index (κ2) is 14.5. The minimum Gasteiger partial charge on any atom is -1.00 e. The van der Waals surface area contributed by atoms with Crippen molar-refractivity contribution < 1.29 is 56.1 Å². The first-order valence-electron chi connectivity index (χ1n) is 8.62. The Balaban J connectivity index is -0.000000841. The van der Waals surface area contributed by atoms with E-state index in [1.165, 1.54) is 33.0 Å². The maximum absolute atomic E-state index is 7.44. The molecule has 0 amide bonds. The van der Waals surface area contributed by atoms with Crippen molar-refractivity contribution in [3.63, 3.8) is 0 Å². The molecule has 0 aliphatic heterocycles. The number of hydrogen-bond donors (Lipinski definition) is 1. The molecule has 3 aromatic rings. The fourth-order valence-corrected chi connectivity index (χ4v) is 2.90. The van der Waals surface area contributed by atoms with Crippen LogP contribution in [-0.2, 0) is 38.0 Å². The molecule has 0 radical (unpaired) electrons. The van der Waals surface area contributed by atoms with E-state index in [0.717, 1.165) is 13.0 Å². The maximum Gasteiger partial charge on any atom is 2.00 e. The number of halogens is 2. The van der Waals surface area contributed by atoms with Gasteiger partial charge in [-0.1, -0.05) is 63.6 Å². The first-order valence-corrected chi connectivity index (χ1v) is 8.62. The number of aliphatic hydroxyl groups excluding tert-OH is 1. The fraction of sp³-hybridized carbons (Fsp3) is 0.292. The summed E-state index contributed by atoms with van der Waals surface area (Å²) in [5.41, 5.74) is 5.66. The molecule has 3 rings (SSSR count). The zero-order valence-corrected chi connectivity index (χ0v) is 21.7. The first kappa shape index (κ1) is 32.1. The molecule has 28 heavy (non-hydrogen) atoms. The third kappa shape index (κ3) is 8.07. The van der Waals surface area contributed by atoms with Crippen molar-refractivity contribution in [2.75, 3.05) is 0 Å². The van der Waals surface area contributed by atoms with E-state index >= 15 is 0 Å². The molecule has 3 aromatic carbocycles. The number of rotatable bonds is 2. The summed E-state index contributed by atoms with van der Waals surface area (Å²) in [7, 11) is 0. The fourth-order valence-electron chi connectivity index (χ4n) is 2.90. The molecule has 0 spiro atoms. The van der Waals surface area contributed by atoms with E-state index in [0.29, 0.717) is 0 Å². The van der Waals surface area contributed by atoms with Gasteiger partial charge in [0.05, 0.1) is 0 Å². The molecule has 0 heterocycles. The Morgan fingerprint density at radius 3 is 2.00 bits per heavy atom. The van der Waals surface area contributed by atoms with Crippen LogP contribution in [0.3, 0.4) is 0 Å². The van der Waals surface area contributed by atoms with Gasteiger partial charge < -0.3 is 37.3 Å². The van der Waals surface area contributed by atoms with Gasteiger partial charge in [-0.3, -0.25) is 0 Å². The molecule has 0 saturated heterocycles. The SMILES string of the molecule is CCc1cc2c(-c3ccc(C(C)(C)C)cc3)cccc2[cH-]1.C[CH-]O.[CH3-].[Cl-].[Cl-].[Zr+2]. The normalized spacial score (nSPS) is 9.64. The summed E-state index contributed by atoms with van der Waals surface area (Å²) in [6.07, 6.45) is 1.09. The quantitative estimate of drug-likeness (QED) is 0.526. The van der Waals surface area contributed by atoms with E-state index in [1.807, 2.05) is 0 Å². The van der Waals surface area contributed by atoms with Gasteiger partial charge in [0, 0.05) is 0 Å². The van der Waals surface area contributed by atoms with Gasteiger partial charge in [0.1, 0.15) is 0 Å². The monoisotopic (exact) mass is 495 g/mol. The summed E-state index contributed by atoms with van der Waals surface area (Å²) >= 11 is 0. The van der Waals surface area contributed by atoms with Crippen molar-refractivity contribution in [2.45, 2.75) is 46.5 Å². The third-order valence-corrected chi connectivity index (χ3v) is 4.28. The Labute approximate surface area is 203 Å². The Morgan fingerprint density at radius 2 is 1.54 bits per heavy atom. The standard InChI is InChI=1S/C21H23.C2H5O.CH3.2ClH.Zr/c1-5-15-13-17-7-6-8-19(20(17)14-15)16-9-11-18(12-10-16)21(2,3)4;1-2-3;;;;/h6-14H,5H2,1-4H3;2-3H,1H3;1H3;2*1H;/q3*-1;;;+2/p-2. The number of aliphatic hydroxyl groups is 1. The van der Waals surface area contributed by atoms with Gasteiger partial charge >= 0.3 is 26.2 Å². The molecule has 0 aliphatic carbocycles. The smallest absolute Gasteiger partial charge is 1.00 e. The average molecular weight is 498 g/mol. The molecule has 1 N–H and O–H groups in total. The molecule has 1 nitrogen and oxygen atoms in total. The van der Waals surface area contributed by atoms with E-state index in [-0.39, 0.29) is 63.9 Å². The summed E-state index contributed by atoms with van der Waals surface area (Å²) < 4.78 is 0. The zero-order chi connectivity index (χ0) is 17.7. The first-order chi connectivity index (χ1) is 11.4. The molecule has 4 heteroatoms. The maximum atomic E-state index is 7.44. The molecule has 0 aromatic heterocycles. The Morgan fingerprint density at radius 1 is 1.00 bits per heavy atom. The predicted molar refractivity (Wildman–Crippen MR) is 111 cm³/mol. The number of fused-ring (bicyclic) bond motifs is 1. The van der Waals surface area contributed by atoms with Gasteiger partial charge in [-0.2, -0.15) is 13.0 Å². The molecule has 0 fully saturated rings. The number of hydrogen-bond acceptors (Lipinski definition) is 1. The molecule has 0 atom stereocenters. The van der Waals surface area contributed by atoms with Crippen molar-refractivity contribution in [2.24, 2.45) is 0 Å². The average Bonchev–Trinajstić information content (AvgIpc) is 2.98. The molecule has 0 unspecified atom stereocenters. The molecule has 0 aliphatic rings. The van der Waals surface area contributed by atoms with Crippen LogP contribution in [0.1, 0.15) is 45.7 Å². The minimum atomic E-state index is 0. The second-order valence-corrected chi connectivity index (χ2v) is 7.11. The third-order valence-electron chi connectivity index (χ3n) is 4.28. The molecule has 0 bridgehead atoms. The largest absolute Gasteiger partial charge is 2.00 e. The van der Waals surface area contributed by atoms with Crippen molar-refractivity contribution in [3.05, 3.63) is 79.8 Å². The van der Waals surface area contributed by atoms with Crippen molar-refractivity contribution in [1.82, 2.24) is 0 Å². The zero-order valence-electron chi connectivity index (χ0n) is 17.7. The van der Waals surface area contributed by atoms with Crippen LogP contribution in [0.4, 0.5) is 0 Å². The van der Waals surface area contributed by atoms with Crippen LogP contribution in [0.15, 0.2) is 54.6 Å². The van der Waals surface area contributed by atoms with Gasteiger partial charge in [0.25, 0.3) is 0 Å². The Hall–Kier alpha value is -0.527. The van der Waals surface area contributed by atoms with E-state index in [4.69, 9.17) is 5.11 Å². The second-order valence-electron chi connectivity index (χ2n) is 7.11. The topological polar surface area (TPSA) is 20.2 Å². The van der Waals surface area contributed by atoms with Gasteiger partial charge in [-0.05, 0) is 23.0 Å². The molecule has 154 valence electrons. The predicted octanol–water partition coefficient (Wildman–Crippen LogP) is 1.08. The van der Waals surface area contributed by atoms with Crippen LogP contribution >= 0.6 is 0 Å². The van der Waals surface area contributed by atoms with Crippen LogP contribution < -0.4 is 24.8 Å². The van der Waals surface area contributed by atoms with Crippen LogP contribution in [0.25, 0.3) is 21.9 Å². The van der Waals surface area contributed by atoms with Crippen LogP contribution in [0, 0.1) is 14.0 Å². The van der Waals surface area contributed by atoms with Crippen molar-refractivity contribution in [1.29, 1.82) is 0 Å². The number of benzene rings is 2. The molecule has 0 saturated carbocycles. The van der Waals surface area contributed by atoms with Crippen LogP contribution in [-0.4, -0.2) is 5.11 Å². The summed E-state index contributed by atoms with van der Waals surface area (Å²) in [6.45, 7) is 11.5. The summed E-state index contributed by atoms with van der Waals surface area (Å²) in [5.74, 6) is 0. The Bertz CT molecular complexity index is 786. The van der Waals surface area contributed by atoms with E-state index < -0.39 is 0 Å². The minimum absolute atomic E-state index is 0. The summed E-state index contributed by atoms with van der Waals surface area (Å²) in [4.78, 5) is 0. The van der Waals surface area contributed by atoms with E-state index in [2.05, 4.69) is 82.3 Å². The summed E-state index contributed by atoms with van der Waals surface area (Å²) in [5, 5.41) is 10.2. The van der Waals surface area contributed by atoms with Gasteiger partial charge in [0.15, 0.2) is 0 Å². The van der Waals surface area contributed by atoms with Gasteiger partial charge in [-0.25, -0.2) is 6.61 Å². The van der Waals surface area contributed by atoms with E-state index in [9.17, 15) is 0 Å². The van der Waals surface area contributed by atoms with E-state index in [1.54, 1.807) is 6.92 Å². The number of aryl methyl sites for hydroxylation is 1. The van der Waals surface area contributed by atoms with Crippen molar-refractivity contribution in [3.8, 4) is 11.1 Å². The van der Waals surface area contributed by atoms with Gasteiger partial charge in [0.2, 0.25) is 0 Å². The Kier molecular flexibility index (Phi) is 16.6. The molecular weight excluding hydrogens is 466 g/mol. The van der Waals surface area contributed by atoms with Gasteiger partial charge in [-0.15, -0.1) is 34.5 Å². The van der Waals surface area contributed by atoms with Crippen molar-refractivity contribution >= 4 is 10.8 Å². The van der Waals surface area contributed by atoms with Crippen LogP contribution in [0.2, 0.25) is 0 Å². The molecular formula is C24H31Cl2OZr-3. The summed E-state index contributed by atoms with van der Waals surface area (Å²) in [6, 6.07) is 20.3. The van der Waals surface area contributed by atoms with Crippen LogP contribution in [0.5, 0.6) is 0 Å².